The molecule has 0 saturated heterocycles. The van der Waals surface area contributed by atoms with E-state index in [0.29, 0.717) is 0 Å². The zero-order valence-electron chi connectivity index (χ0n) is 11.9. The van der Waals surface area contributed by atoms with E-state index in [9.17, 15) is 0 Å². The molecule has 3 fully saturated rings. The van der Waals surface area contributed by atoms with E-state index >= 15 is 0 Å². The lowest BCUT2D eigenvalue weighted by Crippen LogP contribution is -2.40. The molecule has 5 aliphatic rings. The third-order valence-electron chi connectivity index (χ3n) is 7.80. The first-order valence-electron chi connectivity index (χ1n) is 8.65. The highest BCUT2D eigenvalue weighted by molar-refractivity contribution is 5.33. The van der Waals surface area contributed by atoms with Gasteiger partial charge < -0.3 is 0 Å². The summed E-state index contributed by atoms with van der Waals surface area (Å²) in [5.74, 6) is 8.32. The molecule has 0 heterocycles. The van der Waals surface area contributed by atoms with Crippen LogP contribution in [0.1, 0.15) is 24.0 Å². The minimum Gasteiger partial charge on any atom is -0.0848 e. The normalized spacial score (nSPS) is 53.0. The molecule has 3 saturated carbocycles. The van der Waals surface area contributed by atoms with Crippen molar-refractivity contribution in [2.24, 2.45) is 47.3 Å². The van der Waals surface area contributed by atoms with Crippen LogP contribution in [0.5, 0.6) is 0 Å². The van der Waals surface area contributed by atoms with Crippen molar-refractivity contribution < 1.29 is 0 Å². The van der Waals surface area contributed by atoms with Gasteiger partial charge in [-0.15, -0.1) is 0 Å². The summed E-state index contributed by atoms with van der Waals surface area (Å²) in [6.07, 6.45) is 11.0. The maximum Gasteiger partial charge on any atom is -0.0194 e. The van der Waals surface area contributed by atoms with Crippen LogP contribution < -0.4 is 0 Å². The Kier molecular flexibility index (Phi) is 1.81. The molecule has 0 nitrogen and oxygen atoms in total. The van der Waals surface area contributed by atoms with Gasteiger partial charge in [0.1, 0.15) is 0 Å². The van der Waals surface area contributed by atoms with Crippen molar-refractivity contribution in [2.75, 3.05) is 0 Å². The van der Waals surface area contributed by atoms with Crippen molar-refractivity contribution in [1.82, 2.24) is 0 Å². The number of hydrogen-bond acceptors (Lipinski definition) is 0. The molecule has 4 bridgehead atoms. The molecule has 1 aromatic rings. The van der Waals surface area contributed by atoms with Crippen molar-refractivity contribution in [3.63, 3.8) is 0 Å². The number of benzene rings is 1. The Morgan fingerprint density at radius 3 is 1.75 bits per heavy atom. The van der Waals surface area contributed by atoms with Crippen molar-refractivity contribution in [2.45, 2.75) is 25.7 Å². The smallest absolute Gasteiger partial charge is 0.0194 e. The minimum atomic E-state index is 0.970. The molecule has 0 N–H and O–H groups in total. The zero-order chi connectivity index (χ0) is 12.8. The first-order chi connectivity index (χ1) is 9.90. The fraction of sp³-hybridized carbons (Fsp3) is 0.600. The maximum absolute atomic E-state index is 2.58. The van der Waals surface area contributed by atoms with Gasteiger partial charge in [0.2, 0.25) is 0 Å². The highest BCUT2D eigenvalue weighted by Gasteiger charge is 2.64. The molecule has 8 unspecified atom stereocenters. The summed E-state index contributed by atoms with van der Waals surface area (Å²) in [4.78, 5) is 0. The molecule has 8 atom stereocenters. The monoisotopic (exact) mass is 262 g/mol. The first-order valence-corrected chi connectivity index (χ1v) is 8.65. The van der Waals surface area contributed by atoms with Crippen molar-refractivity contribution in [1.29, 1.82) is 0 Å². The van der Waals surface area contributed by atoms with E-state index in [1.807, 2.05) is 0 Å². The maximum atomic E-state index is 2.58. The van der Waals surface area contributed by atoms with Gasteiger partial charge in [-0.1, -0.05) is 36.4 Å². The Balaban J connectivity index is 1.43. The molecule has 0 radical (unpaired) electrons. The minimum absolute atomic E-state index is 0.970. The average molecular weight is 262 g/mol. The van der Waals surface area contributed by atoms with Crippen molar-refractivity contribution in [3.05, 3.63) is 47.5 Å². The van der Waals surface area contributed by atoms with Crippen LogP contribution in [0, 0.1) is 47.3 Å². The summed E-state index contributed by atoms with van der Waals surface area (Å²) in [6.45, 7) is 0. The van der Waals surface area contributed by atoms with Gasteiger partial charge in [0.15, 0.2) is 0 Å². The Hall–Kier alpha value is -1.04. The second kappa shape index (κ2) is 3.40. The molecular formula is C20H22. The predicted octanol–water partition coefficient (Wildman–Crippen LogP) is 4.11. The summed E-state index contributed by atoms with van der Waals surface area (Å²) in [7, 11) is 0. The highest BCUT2D eigenvalue weighted by Crippen LogP contribution is 2.70. The summed E-state index contributed by atoms with van der Waals surface area (Å²) in [6, 6.07) is 9.29. The van der Waals surface area contributed by atoms with E-state index in [4.69, 9.17) is 0 Å². The van der Waals surface area contributed by atoms with Crippen LogP contribution >= 0.6 is 0 Å². The van der Waals surface area contributed by atoms with Gasteiger partial charge in [-0.3, -0.25) is 0 Å². The Bertz CT molecular complexity index is 561. The van der Waals surface area contributed by atoms with Gasteiger partial charge in [-0.2, -0.15) is 0 Å². The molecule has 0 amide bonds. The molecule has 20 heavy (non-hydrogen) atoms. The quantitative estimate of drug-likeness (QED) is 0.487. The van der Waals surface area contributed by atoms with Crippen LogP contribution in [0.3, 0.4) is 0 Å². The molecule has 0 aromatic heterocycles. The van der Waals surface area contributed by atoms with Gasteiger partial charge in [0, 0.05) is 0 Å². The molecule has 1 aromatic carbocycles. The van der Waals surface area contributed by atoms with Gasteiger partial charge in [-0.05, 0) is 84.2 Å². The van der Waals surface area contributed by atoms with Crippen molar-refractivity contribution in [3.8, 4) is 0 Å². The second-order valence-electron chi connectivity index (χ2n) is 8.17. The largest absolute Gasteiger partial charge is 0.0848 e. The second-order valence-corrected chi connectivity index (χ2v) is 8.17. The average Bonchev–Trinajstić information content (AvgIpc) is 3.22. The molecule has 6 rings (SSSR count). The molecule has 0 spiro atoms. The van der Waals surface area contributed by atoms with E-state index in [-0.39, 0.29) is 0 Å². The van der Waals surface area contributed by atoms with Crippen LogP contribution in [0.4, 0.5) is 0 Å². The lowest BCUT2D eigenvalue weighted by Gasteiger charge is -2.44. The summed E-state index contributed by atoms with van der Waals surface area (Å²) in [5.41, 5.74) is 3.35. The number of hydrogen-bond donors (Lipinski definition) is 0. The summed E-state index contributed by atoms with van der Waals surface area (Å²) >= 11 is 0. The predicted molar refractivity (Wildman–Crippen MR) is 80.1 cm³/mol. The molecule has 5 aliphatic carbocycles. The molecule has 0 heteroatoms. The van der Waals surface area contributed by atoms with E-state index in [2.05, 4.69) is 36.4 Å². The van der Waals surface area contributed by atoms with E-state index in [0.717, 1.165) is 47.3 Å². The number of allylic oxidation sites excluding steroid dienone is 2. The van der Waals surface area contributed by atoms with Crippen LogP contribution in [0.25, 0.3) is 0 Å². The molecule has 0 aliphatic heterocycles. The SMILES string of the molecule is C1=CC2CC1C1C3CC(C4Cc5ccccc5CC43)C21. The first kappa shape index (κ1) is 10.7. The molecular weight excluding hydrogens is 240 g/mol. The van der Waals surface area contributed by atoms with E-state index in [1.165, 1.54) is 19.3 Å². The fourth-order valence-electron chi connectivity index (χ4n) is 7.36. The lowest BCUT2D eigenvalue weighted by molar-refractivity contribution is 0.0814. The number of rotatable bonds is 0. The Labute approximate surface area is 121 Å². The third kappa shape index (κ3) is 1.09. The lowest BCUT2D eigenvalue weighted by atomic mass is 9.60. The Morgan fingerprint density at radius 1 is 0.650 bits per heavy atom. The highest BCUT2D eigenvalue weighted by atomic mass is 14.7. The van der Waals surface area contributed by atoms with Crippen LogP contribution in [-0.4, -0.2) is 0 Å². The van der Waals surface area contributed by atoms with Gasteiger partial charge in [-0.25, -0.2) is 0 Å². The fourth-order valence-corrected chi connectivity index (χ4v) is 7.36. The van der Waals surface area contributed by atoms with Crippen LogP contribution in [0.2, 0.25) is 0 Å². The van der Waals surface area contributed by atoms with Gasteiger partial charge in [0.05, 0.1) is 0 Å². The molecule has 102 valence electrons. The summed E-state index contributed by atoms with van der Waals surface area (Å²) < 4.78 is 0. The summed E-state index contributed by atoms with van der Waals surface area (Å²) in [5, 5.41) is 0. The van der Waals surface area contributed by atoms with Crippen LogP contribution in [-0.2, 0) is 12.8 Å². The van der Waals surface area contributed by atoms with Crippen molar-refractivity contribution >= 4 is 0 Å². The van der Waals surface area contributed by atoms with Crippen LogP contribution in [0.15, 0.2) is 36.4 Å². The standard InChI is InChI=1S/C20H22/c1-2-4-12-9-16-15(8-11(12)3-1)17-10-18(16)20-14-6-5-13(7-14)19(17)20/h1-6,13-20H,7-10H2. The zero-order valence-corrected chi connectivity index (χ0v) is 11.9. The van der Waals surface area contributed by atoms with E-state index < -0.39 is 0 Å². The topological polar surface area (TPSA) is 0 Å². The van der Waals surface area contributed by atoms with Gasteiger partial charge >= 0.3 is 0 Å². The number of fused-ring (bicyclic) bond motifs is 13. The van der Waals surface area contributed by atoms with E-state index in [1.54, 1.807) is 17.5 Å². The Morgan fingerprint density at radius 2 is 1.20 bits per heavy atom. The van der Waals surface area contributed by atoms with Gasteiger partial charge in [0.25, 0.3) is 0 Å². The third-order valence-corrected chi connectivity index (χ3v) is 7.80.